The first-order valence-electron chi connectivity index (χ1n) is 4.46. The number of hydrogen-bond donors (Lipinski definition) is 1. The van der Waals surface area contributed by atoms with E-state index in [1.54, 1.807) is 12.1 Å². The highest BCUT2D eigenvalue weighted by molar-refractivity contribution is 9.10. The monoisotopic (exact) mass is 259 g/mol. The number of hydrogen-bond acceptors (Lipinski definition) is 2. The molecule has 1 aliphatic carbocycles. The molecule has 0 radical (unpaired) electrons. The van der Waals surface area contributed by atoms with Crippen molar-refractivity contribution in [1.82, 2.24) is 0 Å². The molecule has 1 aromatic carbocycles. The van der Waals surface area contributed by atoms with Crippen LogP contribution in [0.4, 0.5) is 4.39 Å². The normalized spacial score (nSPS) is 17.9. The zero-order valence-electron chi connectivity index (χ0n) is 7.59. The topological polar surface area (TPSA) is 35.2 Å². The zero-order valence-corrected chi connectivity index (χ0v) is 9.18. The van der Waals surface area contributed by atoms with Crippen molar-refractivity contribution in [3.8, 4) is 5.75 Å². The van der Waals surface area contributed by atoms with Gasteiger partial charge in [-0.15, -0.1) is 0 Å². The summed E-state index contributed by atoms with van der Waals surface area (Å²) in [5, 5.41) is 0. The Morgan fingerprint density at radius 1 is 1.50 bits per heavy atom. The highest BCUT2D eigenvalue weighted by Gasteiger charge is 2.39. The molecule has 2 nitrogen and oxygen atoms in total. The quantitative estimate of drug-likeness (QED) is 0.906. The molecule has 4 heteroatoms. The lowest BCUT2D eigenvalue weighted by molar-refractivity contribution is 0.276. The molecule has 0 bridgehead atoms. The van der Waals surface area contributed by atoms with Crippen molar-refractivity contribution >= 4 is 15.9 Å². The van der Waals surface area contributed by atoms with Gasteiger partial charge in [0, 0.05) is 0 Å². The Hall–Kier alpha value is -0.610. The first kappa shape index (κ1) is 9.93. The molecular formula is C10H11BrFNO. The summed E-state index contributed by atoms with van der Waals surface area (Å²) in [5.74, 6) is 0.200. The van der Waals surface area contributed by atoms with Crippen LogP contribution in [0.25, 0.3) is 0 Å². The van der Waals surface area contributed by atoms with Crippen molar-refractivity contribution < 1.29 is 9.13 Å². The molecule has 0 saturated heterocycles. The van der Waals surface area contributed by atoms with Gasteiger partial charge in [-0.25, -0.2) is 4.39 Å². The van der Waals surface area contributed by atoms with E-state index in [-0.39, 0.29) is 11.4 Å². The summed E-state index contributed by atoms with van der Waals surface area (Å²) in [4.78, 5) is 0. The van der Waals surface area contributed by atoms with Gasteiger partial charge in [0.1, 0.15) is 18.2 Å². The fourth-order valence-electron chi connectivity index (χ4n) is 1.12. The number of halogens is 2. The van der Waals surface area contributed by atoms with Gasteiger partial charge in [0.25, 0.3) is 0 Å². The highest BCUT2D eigenvalue weighted by atomic mass is 79.9. The molecule has 0 atom stereocenters. The summed E-state index contributed by atoms with van der Waals surface area (Å²) in [7, 11) is 0. The predicted octanol–water partition coefficient (Wildman–Crippen LogP) is 2.46. The molecule has 2 rings (SSSR count). The van der Waals surface area contributed by atoms with E-state index < -0.39 is 0 Å². The van der Waals surface area contributed by atoms with Gasteiger partial charge in [0.15, 0.2) is 0 Å². The van der Waals surface area contributed by atoms with Crippen molar-refractivity contribution in [2.75, 3.05) is 6.61 Å². The number of rotatable bonds is 3. The van der Waals surface area contributed by atoms with Crippen LogP contribution < -0.4 is 10.5 Å². The van der Waals surface area contributed by atoms with Gasteiger partial charge >= 0.3 is 0 Å². The van der Waals surface area contributed by atoms with E-state index in [1.165, 1.54) is 6.07 Å². The third-order valence-corrected chi connectivity index (χ3v) is 3.09. The van der Waals surface area contributed by atoms with E-state index >= 15 is 0 Å². The molecular weight excluding hydrogens is 249 g/mol. The average Bonchev–Trinajstić information content (AvgIpc) is 2.88. The zero-order chi connectivity index (χ0) is 10.2. The van der Waals surface area contributed by atoms with Crippen LogP contribution in [-0.2, 0) is 0 Å². The maximum absolute atomic E-state index is 13.1. The second kappa shape index (κ2) is 3.51. The molecule has 0 unspecified atom stereocenters. The summed E-state index contributed by atoms with van der Waals surface area (Å²) in [5.41, 5.74) is 5.67. The SMILES string of the molecule is NC1(COc2cccc(F)c2Br)CC1. The molecule has 0 spiro atoms. The number of ether oxygens (including phenoxy) is 1. The molecule has 2 N–H and O–H groups in total. The van der Waals surface area contributed by atoms with Crippen molar-refractivity contribution in [1.29, 1.82) is 0 Å². The van der Waals surface area contributed by atoms with Crippen LogP contribution >= 0.6 is 15.9 Å². The van der Waals surface area contributed by atoms with Crippen LogP contribution in [-0.4, -0.2) is 12.1 Å². The molecule has 76 valence electrons. The van der Waals surface area contributed by atoms with Gasteiger partial charge < -0.3 is 10.5 Å². The highest BCUT2D eigenvalue weighted by Crippen LogP contribution is 2.34. The Labute approximate surface area is 90.4 Å². The van der Waals surface area contributed by atoms with Crippen LogP contribution in [0.2, 0.25) is 0 Å². The Kier molecular flexibility index (Phi) is 2.49. The van der Waals surface area contributed by atoms with Crippen LogP contribution in [0, 0.1) is 5.82 Å². The maximum atomic E-state index is 13.1. The van der Waals surface area contributed by atoms with Crippen molar-refractivity contribution in [2.24, 2.45) is 5.73 Å². The van der Waals surface area contributed by atoms with E-state index in [0.717, 1.165) is 12.8 Å². The summed E-state index contributed by atoms with van der Waals surface area (Å²) in [6.07, 6.45) is 1.97. The molecule has 0 aliphatic heterocycles. The molecule has 0 amide bonds. The molecule has 14 heavy (non-hydrogen) atoms. The van der Waals surface area contributed by atoms with E-state index in [1.807, 2.05) is 0 Å². The smallest absolute Gasteiger partial charge is 0.141 e. The van der Waals surface area contributed by atoms with Crippen LogP contribution in [0.5, 0.6) is 5.75 Å². The molecule has 1 aromatic rings. The van der Waals surface area contributed by atoms with Crippen LogP contribution in [0.3, 0.4) is 0 Å². The Morgan fingerprint density at radius 3 is 2.86 bits per heavy atom. The average molecular weight is 260 g/mol. The second-order valence-corrected chi connectivity index (χ2v) is 4.50. The minimum Gasteiger partial charge on any atom is -0.490 e. The van der Waals surface area contributed by atoms with E-state index in [9.17, 15) is 4.39 Å². The van der Waals surface area contributed by atoms with Crippen LogP contribution in [0.1, 0.15) is 12.8 Å². The summed E-state index contributed by atoms with van der Waals surface area (Å²) < 4.78 is 18.9. The van der Waals surface area contributed by atoms with Crippen molar-refractivity contribution in [3.63, 3.8) is 0 Å². The minimum atomic E-state index is -0.315. The van der Waals surface area contributed by atoms with Gasteiger partial charge in [-0.2, -0.15) is 0 Å². The fourth-order valence-corrected chi connectivity index (χ4v) is 1.50. The van der Waals surface area contributed by atoms with E-state index in [4.69, 9.17) is 10.5 Å². The molecule has 0 aromatic heterocycles. The first-order valence-corrected chi connectivity index (χ1v) is 5.26. The first-order chi connectivity index (χ1) is 6.61. The lowest BCUT2D eigenvalue weighted by atomic mass is 10.3. The summed E-state index contributed by atoms with van der Waals surface area (Å²) >= 11 is 3.13. The third kappa shape index (κ3) is 2.07. The summed E-state index contributed by atoms with van der Waals surface area (Å²) in [6.45, 7) is 0.453. The molecule has 1 aliphatic rings. The molecule has 0 heterocycles. The van der Waals surface area contributed by atoms with Gasteiger partial charge in [-0.3, -0.25) is 0 Å². The van der Waals surface area contributed by atoms with Crippen molar-refractivity contribution in [2.45, 2.75) is 18.4 Å². The van der Waals surface area contributed by atoms with Gasteiger partial charge in [-0.05, 0) is 40.9 Å². The minimum absolute atomic E-state index is 0.175. The fraction of sp³-hybridized carbons (Fsp3) is 0.400. The standard InChI is InChI=1S/C10H11BrFNO/c11-9-7(12)2-1-3-8(9)14-6-10(13)4-5-10/h1-3H,4-6,13H2. The van der Waals surface area contributed by atoms with E-state index in [0.29, 0.717) is 16.8 Å². The largest absolute Gasteiger partial charge is 0.490 e. The van der Waals surface area contributed by atoms with Gasteiger partial charge in [0.2, 0.25) is 0 Å². The predicted molar refractivity (Wildman–Crippen MR) is 55.7 cm³/mol. The molecule has 1 fully saturated rings. The van der Waals surface area contributed by atoms with Crippen LogP contribution in [0.15, 0.2) is 22.7 Å². The Bertz CT molecular complexity index is 352. The lowest BCUT2D eigenvalue weighted by Crippen LogP contribution is -2.29. The van der Waals surface area contributed by atoms with Gasteiger partial charge in [0.05, 0.1) is 10.0 Å². The maximum Gasteiger partial charge on any atom is 0.141 e. The van der Waals surface area contributed by atoms with Crippen molar-refractivity contribution in [3.05, 3.63) is 28.5 Å². The molecule has 1 saturated carbocycles. The Balaban J connectivity index is 2.05. The number of nitrogens with two attached hydrogens (primary N) is 1. The number of benzene rings is 1. The lowest BCUT2D eigenvalue weighted by Gasteiger charge is -2.12. The third-order valence-electron chi connectivity index (χ3n) is 2.32. The summed E-state index contributed by atoms with van der Waals surface area (Å²) in [6, 6.07) is 4.72. The second-order valence-electron chi connectivity index (χ2n) is 3.70. The Morgan fingerprint density at radius 2 is 2.21 bits per heavy atom. The van der Waals surface area contributed by atoms with E-state index in [2.05, 4.69) is 15.9 Å². The van der Waals surface area contributed by atoms with Gasteiger partial charge in [-0.1, -0.05) is 6.07 Å².